The number of rotatable bonds is 3. The monoisotopic (exact) mass is 327 g/mol. The lowest BCUT2D eigenvalue weighted by Gasteiger charge is -2.24. The molecule has 1 rings (SSSR count). The number of carbonyl (C=O) groups excluding carboxylic acids is 2. The minimum absolute atomic E-state index is 0.00856. The van der Waals surface area contributed by atoms with Crippen molar-refractivity contribution in [3.05, 3.63) is 34.3 Å². The highest BCUT2D eigenvalue weighted by atomic mass is 79.9. The van der Waals surface area contributed by atoms with Crippen LogP contribution in [0.2, 0.25) is 0 Å². The van der Waals surface area contributed by atoms with Crippen LogP contribution in [0.1, 0.15) is 31.1 Å². The molecule has 4 nitrogen and oxygen atoms in total. The highest BCUT2D eigenvalue weighted by Gasteiger charge is 2.21. The molecule has 5 heteroatoms. The summed E-state index contributed by atoms with van der Waals surface area (Å²) in [5.74, 6) is -0.130. The summed E-state index contributed by atoms with van der Waals surface area (Å²) in [6.07, 6.45) is -0.504. The molecular weight excluding hydrogens is 310 g/mol. The maximum absolute atomic E-state index is 12.0. The van der Waals surface area contributed by atoms with Crippen LogP contribution in [-0.4, -0.2) is 36.0 Å². The fourth-order valence-electron chi connectivity index (χ4n) is 1.37. The molecule has 0 unspecified atom stereocenters. The van der Waals surface area contributed by atoms with Crippen molar-refractivity contribution in [3.63, 3.8) is 0 Å². The van der Waals surface area contributed by atoms with Gasteiger partial charge in [0.15, 0.2) is 5.78 Å². The van der Waals surface area contributed by atoms with E-state index in [1.165, 1.54) is 4.90 Å². The zero-order valence-electron chi connectivity index (χ0n) is 11.6. The van der Waals surface area contributed by atoms with Crippen molar-refractivity contribution in [2.45, 2.75) is 26.4 Å². The Hall–Kier alpha value is -1.36. The van der Waals surface area contributed by atoms with E-state index >= 15 is 0 Å². The molecule has 19 heavy (non-hydrogen) atoms. The number of halogens is 1. The highest BCUT2D eigenvalue weighted by molar-refractivity contribution is 9.10. The normalized spacial score (nSPS) is 11.0. The van der Waals surface area contributed by atoms with E-state index in [2.05, 4.69) is 15.9 Å². The first kappa shape index (κ1) is 15.7. The average Bonchev–Trinajstić information content (AvgIpc) is 2.26. The predicted molar refractivity (Wildman–Crippen MR) is 77.3 cm³/mol. The van der Waals surface area contributed by atoms with Gasteiger partial charge in [-0.15, -0.1) is 0 Å². The van der Waals surface area contributed by atoms with Crippen molar-refractivity contribution in [2.24, 2.45) is 0 Å². The van der Waals surface area contributed by atoms with E-state index in [0.717, 1.165) is 4.47 Å². The van der Waals surface area contributed by atoms with E-state index < -0.39 is 11.7 Å². The van der Waals surface area contributed by atoms with Gasteiger partial charge < -0.3 is 9.64 Å². The van der Waals surface area contributed by atoms with Crippen LogP contribution in [0.5, 0.6) is 0 Å². The van der Waals surface area contributed by atoms with E-state index in [1.54, 1.807) is 46.0 Å². The second-order valence-electron chi connectivity index (χ2n) is 5.27. The number of ether oxygens (including phenoxy) is 1. The second-order valence-corrected chi connectivity index (χ2v) is 6.19. The molecule has 0 atom stereocenters. The predicted octanol–water partition coefficient (Wildman–Crippen LogP) is 3.50. The van der Waals surface area contributed by atoms with E-state index in [9.17, 15) is 9.59 Å². The van der Waals surface area contributed by atoms with Crippen LogP contribution in [0.3, 0.4) is 0 Å². The standard InChI is InChI=1S/C14H18BrNO3/c1-14(2,3)19-13(18)16(4)9-12(17)10-6-5-7-11(15)8-10/h5-8H,9H2,1-4H3. The van der Waals surface area contributed by atoms with Crippen molar-refractivity contribution < 1.29 is 14.3 Å². The molecule has 1 amide bonds. The van der Waals surface area contributed by atoms with E-state index in [4.69, 9.17) is 4.74 Å². The molecular formula is C14H18BrNO3. The molecule has 0 aliphatic heterocycles. The Bertz CT molecular complexity index is 480. The van der Waals surface area contributed by atoms with Crippen molar-refractivity contribution in [1.29, 1.82) is 0 Å². The molecule has 0 saturated carbocycles. The third kappa shape index (κ3) is 5.42. The maximum Gasteiger partial charge on any atom is 0.410 e. The Morgan fingerprint density at radius 2 is 1.95 bits per heavy atom. The van der Waals surface area contributed by atoms with E-state index in [1.807, 2.05) is 6.07 Å². The van der Waals surface area contributed by atoms with Gasteiger partial charge in [0.05, 0.1) is 6.54 Å². The molecule has 1 aromatic carbocycles. The smallest absolute Gasteiger partial charge is 0.410 e. The summed E-state index contributed by atoms with van der Waals surface area (Å²) >= 11 is 3.31. The molecule has 0 spiro atoms. The fraction of sp³-hybridized carbons (Fsp3) is 0.429. The van der Waals surface area contributed by atoms with Crippen LogP contribution in [0.15, 0.2) is 28.7 Å². The number of nitrogens with zero attached hydrogens (tertiary/aromatic N) is 1. The third-order valence-electron chi connectivity index (χ3n) is 2.23. The van der Waals surface area contributed by atoms with Gasteiger partial charge in [0.2, 0.25) is 0 Å². The van der Waals surface area contributed by atoms with Crippen LogP contribution >= 0.6 is 15.9 Å². The first-order chi connectivity index (χ1) is 8.69. The summed E-state index contributed by atoms with van der Waals surface area (Å²) in [6, 6.07) is 7.07. The van der Waals surface area contributed by atoms with Crippen LogP contribution in [0, 0.1) is 0 Å². The van der Waals surface area contributed by atoms with Gasteiger partial charge in [-0.2, -0.15) is 0 Å². The van der Waals surface area contributed by atoms with Gasteiger partial charge in [0, 0.05) is 17.1 Å². The maximum atomic E-state index is 12.0. The lowest BCUT2D eigenvalue weighted by Crippen LogP contribution is -2.37. The summed E-state index contributed by atoms with van der Waals surface area (Å²) in [6.45, 7) is 5.35. The zero-order chi connectivity index (χ0) is 14.6. The third-order valence-corrected chi connectivity index (χ3v) is 2.73. The van der Waals surface area contributed by atoms with Gasteiger partial charge in [0.1, 0.15) is 5.60 Å². The van der Waals surface area contributed by atoms with Gasteiger partial charge >= 0.3 is 6.09 Å². The minimum Gasteiger partial charge on any atom is -0.444 e. The molecule has 0 aliphatic rings. The largest absolute Gasteiger partial charge is 0.444 e. The van der Waals surface area contributed by atoms with Crippen molar-refractivity contribution in [3.8, 4) is 0 Å². The Labute approximate surface area is 121 Å². The van der Waals surface area contributed by atoms with Crippen molar-refractivity contribution in [1.82, 2.24) is 4.90 Å². The first-order valence-corrected chi connectivity index (χ1v) is 6.71. The Morgan fingerprint density at radius 1 is 1.32 bits per heavy atom. The molecule has 1 aromatic rings. The molecule has 0 fully saturated rings. The van der Waals surface area contributed by atoms with Crippen molar-refractivity contribution in [2.75, 3.05) is 13.6 Å². The van der Waals surface area contributed by atoms with Gasteiger partial charge in [-0.25, -0.2) is 4.79 Å². The SMILES string of the molecule is CN(CC(=O)c1cccc(Br)c1)C(=O)OC(C)(C)C. The summed E-state index contributed by atoms with van der Waals surface area (Å²) < 4.78 is 6.02. The summed E-state index contributed by atoms with van der Waals surface area (Å²) in [7, 11) is 1.55. The van der Waals surface area contributed by atoms with Gasteiger partial charge in [0.25, 0.3) is 0 Å². The molecule has 104 valence electrons. The lowest BCUT2D eigenvalue weighted by atomic mass is 10.1. The van der Waals surface area contributed by atoms with Crippen LogP contribution < -0.4 is 0 Å². The first-order valence-electron chi connectivity index (χ1n) is 5.92. The lowest BCUT2D eigenvalue weighted by molar-refractivity contribution is 0.0295. The van der Waals surface area contributed by atoms with E-state index in [0.29, 0.717) is 5.56 Å². The summed E-state index contributed by atoms with van der Waals surface area (Å²) in [4.78, 5) is 25.0. The number of carbonyl (C=O) groups is 2. The number of ketones is 1. The topological polar surface area (TPSA) is 46.6 Å². The molecule has 0 saturated heterocycles. The Balaban J connectivity index is 2.64. The molecule has 0 bridgehead atoms. The fourth-order valence-corrected chi connectivity index (χ4v) is 1.77. The molecule has 0 radical (unpaired) electrons. The molecule has 0 N–H and O–H groups in total. The number of hydrogen-bond donors (Lipinski definition) is 0. The van der Waals surface area contributed by atoms with Gasteiger partial charge in [-0.05, 0) is 32.9 Å². The molecule has 0 aromatic heterocycles. The number of hydrogen-bond acceptors (Lipinski definition) is 3. The van der Waals surface area contributed by atoms with Crippen LogP contribution in [-0.2, 0) is 4.74 Å². The minimum atomic E-state index is -0.565. The Morgan fingerprint density at radius 3 is 2.47 bits per heavy atom. The molecule has 0 heterocycles. The highest BCUT2D eigenvalue weighted by Crippen LogP contribution is 2.13. The van der Waals surface area contributed by atoms with Crippen LogP contribution in [0.4, 0.5) is 4.79 Å². The summed E-state index contributed by atoms with van der Waals surface area (Å²) in [5, 5.41) is 0. The quantitative estimate of drug-likeness (QED) is 0.798. The van der Waals surface area contributed by atoms with E-state index in [-0.39, 0.29) is 12.3 Å². The number of Topliss-reactive ketones (excluding diaryl/α,β-unsaturated/α-hetero) is 1. The average molecular weight is 328 g/mol. The number of benzene rings is 1. The summed E-state index contributed by atoms with van der Waals surface area (Å²) in [5.41, 5.74) is -0.00533. The molecule has 0 aliphatic carbocycles. The van der Waals surface area contributed by atoms with Crippen molar-refractivity contribution >= 4 is 27.8 Å². The number of amides is 1. The number of likely N-dealkylation sites (N-methyl/N-ethyl adjacent to an activating group) is 1. The van der Waals surface area contributed by atoms with Gasteiger partial charge in [-0.3, -0.25) is 4.79 Å². The van der Waals surface area contributed by atoms with Gasteiger partial charge in [-0.1, -0.05) is 28.1 Å². The second kappa shape index (κ2) is 6.19. The van der Waals surface area contributed by atoms with Crippen LogP contribution in [0.25, 0.3) is 0 Å². The zero-order valence-corrected chi connectivity index (χ0v) is 13.2. The Kier molecular flexibility index (Phi) is 5.11.